The van der Waals surface area contributed by atoms with Gasteiger partial charge in [0.2, 0.25) is 17.7 Å². The molecule has 4 rings (SSSR count). The summed E-state index contributed by atoms with van der Waals surface area (Å²) in [6, 6.07) is 1.74. The van der Waals surface area contributed by atoms with Gasteiger partial charge in [-0.2, -0.15) is 4.98 Å². The normalized spacial score (nSPS) is 20.0. The van der Waals surface area contributed by atoms with Gasteiger partial charge in [-0.15, -0.1) is 0 Å². The summed E-state index contributed by atoms with van der Waals surface area (Å²) in [7, 11) is 0. The van der Waals surface area contributed by atoms with Crippen LogP contribution in [0.25, 0.3) is 0 Å². The van der Waals surface area contributed by atoms with Gasteiger partial charge in [-0.25, -0.2) is 9.97 Å². The van der Waals surface area contributed by atoms with Crippen molar-refractivity contribution >= 4 is 11.9 Å². The van der Waals surface area contributed by atoms with Crippen LogP contribution in [0.5, 0.6) is 0 Å². The number of aromatic nitrogens is 4. The Hall–Kier alpha value is -2.51. The highest BCUT2D eigenvalue weighted by atomic mass is 16.5. The molecular weight excluding hydrogens is 320 g/mol. The Morgan fingerprint density at radius 2 is 2.12 bits per heavy atom. The minimum atomic E-state index is -0.0332. The van der Waals surface area contributed by atoms with Crippen molar-refractivity contribution in [3.8, 4) is 0 Å². The quantitative estimate of drug-likeness (QED) is 0.771. The van der Waals surface area contributed by atoms with Crippen molar-refractivity contribution in [3.05, 3.63) is 30.2 Å². The number of carbonyl (C=O) groups excluding carboxylic acids is 1. The van der Waals surface area contributed by atoms with Crippen LogP contribution in [0.15, 0.2) is 23.0 Å². The molecule has 1 amide bonds. The molecule has 0 bridgehead atoms. The molecule has 2 aromatic heterocycles. The second-order valence-corrected chi connectivity index (χ2v) is 6.61. The van der Waals surface area contributed by atoms with E-state index in [0.717, 1.165) is 44.5 Å². The molecule has 2 aliphatic rings. The molecule has 25 heavy (non-hydrogen) atoms. The fraction of sp³-hybridized carbons (Fsp3) is 0.588. The van der Waals surface area contributed by atoms with Crippen LogP contribution in [0, 0.1) is 0 Å². The second kappa shape index (κ2) is 7.16. The van der Waals surface area contributed by atoms with E-state index in [-0.39, 0.29) is 11.9 Å². The molecule has 1 saturated carbocycles. The van der Waals surface area contributed by atoms with E-state index in [1.807, 2.05) is 4.90 Å². The average molecular weight is 342 g/mol. The maximum atomic E-state index is 12.6. The number of likely N-dealkylation sites (tertiary alicyclic amines) is 1. The number of hydrogen-bond donors (Lipinski definition) is 1. The number of nitrogens with zero attached hydrogens (tertiary/aromatic N) is 5. The fourth-order valence-electron chi connectivity index (χ4n) is 3.19. The third-order valence-corrected chi connectivity index (χ3v) is 4.67. The standard InChI is InChI=1S/C17H22N6O2/c24-14(5-1-8-18-17-19-9-3-10-20-17)23-11-2-4-13(23)15-21-16(25-22-15)12-6-7-12/h3,9-10,12-13H,1-2,4-8,11H2,(H,18,19,20)/t13-/m1/s1. The van der Waals surface area contributed by atoms with Crippen LogP contribution in [-0.2, 0) is 4.79 Å². The van der Waals surface area contributed by atoms with Crippen molar-refractivity contribution in [2.75, 3.05) is 18.4 Å². The summed E-state index contributed by atoms with van der Waals surface area (Å²) in [6.07, 6.45) is 8.77. The molecule has 1 aliphatic heterocycles. The minimum Gasteiger partial charge on any atom is -0.354 e. The van der Waals surface area contributed by atoms with E-state index >= 15 is 0 Å². The molecule has 8 heteroatoms. The van der Waals surface area contributed by atoms with Gasteiger partial charge in [0.05, 0.1) is 6.04 Å². The summed E-state index contributed by atoms with van der Waals surface area (Å²) in [6.45, 7) is 1.44. The van der Waals surface area contributed by atoms with Gasteiger partial charge in [0, 0.05) is 37.8 Å². The van der Waals surface area contributed by atoms with Crippen molar-refractivity contribution in [1.29, 1.82) is 0 Å². The van der Waals surface area contributed by atoms with Crippen LogP contribution in [0.4, 0.5) is 5.95 Å². The first-order chi connectivity index (χ1) is 12.3. The summed E-state index contributed by atoms with van der Waals surface area (Å²) < 4.78 is 5.35. The molecule has 2 fully saturated rings. The number of amides is 1. The second-order valence-electron chi connectivity index (χ2n) is 6.61. The third kappa shape index (κ3) is 3.78. The van der Waals surface area contributed by atoms with Crippen LogP contribution in [0.2, 0.25) is 0 Å². The van der Waals surface area contributed by atoms with Crippen LogP contribution in [-0.4, -0.2) is 44.0 Å². The van der Waals surface area contributed by atoms with Gasteiger partial charge in [-0.1, -0.05) is 5.16 Å². The topological polar surface area (TPSA) is 97.0 Å². The molecule has 1 N–H and O–H groups in total. The maximum absolute atomic E-state index is 12.6. The summed E-state index contributed by atoms with van der Waals surface area (Å²) in [5.74, 6) is 2.59. The van der Waals surface area contributed by atoms with Gasteiger partial charge >= 0.3 is 0 Å². The van der Waals surface area contributed by atoms with Gasteiger partial charge in [0.25, 0.3) is 0 Å². The van der Waals surface area contributed by atoms with E-state index in [1.165, 1.54) is 0 Å². The Morgan fingerprint density at radius 1 is 1.28 bits per heavy atom. The summed E-state index contributed by atoms with van der Waals surface area (Å²) in [4.78, 5) is 27.2. The highest BCUT2D eigenvalue weighted by Crippen LogP contribution is 2.40. The first-order valence-electron chi connectivity index (χ1n) is 8.95. The van der Waals surface area contributed by atoms with Crippen molar-refractivity contribution in [1.82, 2.24) is 25.0 Å². The maximum Gasteiger partial charge on any atom is 0.229 e. The molecular formula is C17H22N6O2. The molecule has 1 aliphatic carbocycles. The lowest BCUT2D eigenvalue weighted by Gasteiger charge is -2.22. The monoisotopic (exact) mass is 342 g/mol. The number of rotatable bonds is 7. The third-order valence-electron chi connectivity index (χ3n) is 4.67. The summed E-state index contributed by atoms with van der Waals surface area (Å²) in [5, 5.41) is 7.24. The number of hydrogen-bond acceptors (Lipinski definition) is 7. The summed E-state index contributed by atoms with van der Waals surface area (Å²) >= 11 is 0. The molecule has 0 unspecified atom stereocenters. The molecule has 2 aromatic rings. The van der Waals surface area contributed by atoms with Crippen LogP contribution >= 0.6 is 0 Å². The molecule has 132 valence electrons. The lowest BCUT2D eigenvalue weighted by atomic mass is 10.2. The van der Waals surface area contributed by atoms with Crippen molar-refractivity contribution < 1.29 is 9.32 Å². The van der Waals surface area contributed by atoms with Crippen molar-refractivity contribution in [2.24, 2.45) is 0 Å². The number of carbonyl (C=O) groups is 1. The van der Waals surface area contributed by atoms with Crippen molar-refractivity contribution in [3.63, 3.8) is 0 Å². The Bertz CT molecular complexity index is 715. The predicted octanol–water partition coefficient (Wildman–Crippen LogP) is 2.29. The fourth-order valence-corrected chi connectivity index (χ4v) is 3.19. The van der Waals surface area contributed by atoms with E-state index in [4.69, 9.17) is 4.52 Å². The lowest BCUT2D eigenvalue weighted by molar-refractivity contribution is -0.132. The van der Waals surface area contributed by atoms with E-state index in [1.54, 1.807) is 18.5 Å². The van der Waals surface area contributed by atoms with E-state index in [2.05, 4.69) is 25.4 Å². The smallest absolute Gasteiger partial charge is 0.229 e. The van der Waals surface area contributed by atoms with Crippen LogP contribution in [0.1, 0.15) is 62.2 Å². The first-order valence-corrected chi connectivity index (χ1v) is 8.95. The molecule has 3 heterocycles. The molecule has 0 spiro atoms. The lowest BCUT2D eigenvalue weighted by Crippen LogP contribution is -2.31. The first kappa shape index (κ1) is 16.0. The molecule has 1 atom stereocenters. The van der Waals surface area contributed by atoms with Gasteiger partial charge in [-0.3, -0.25) is 4.79 Å². The Balaban J connectivity index is 1.28. The van der Waals surface area contributed by atoms with Crippen molar-refractivity contribution in [2.45, 2.75) is 50.5 Å². The van der Waals surface area contributed by atoms with Gasteiger partial charge < -0.3 is 14.7 Å². The van der Waals surface area contributed by atoms with E-state index in [0.29, 0.717) is 30.7 Å². The number of anilines is 1. The van der Waals surface area contributed by atoms with E-state index < -0.39 is 0 Å². The largest absolute Gasteiger partial charge is 0.354 e. The molecule has 1 saturated heterocycles. The van der Waals surface area contributed by atoms with Gasteiger partial charge in [0.1, 0.15) is 0 Å². The van der Waals surface area contributed by atoms with Gasteiger partial charge in [0.15, 0.2) is 5.82 Å². The predicted molar refractivity (Wildman–Crippen MR) is 89.7 cm³/mol. The Kier molecular flexibility index (Phi) is 4.58. The zero-order valence-electron chi connectivity index (χ0n) is 14.1. The highest BCUT2D eigenvalue weighted by Gasteiger charge is 2.35. The van der Waals surface area contributed by atoms with Gasteiger partial charge in [-0.05, 0) is 38.2 Å². The summed E-state index contributed by atoms with van der Waals surface area (Å²) in [5.41, 5.74) is 0. The number of nitrogens with one attached hydrogen (secondary N) is 1. The molecule has 0 radical (unpaired) electrons. The van der Waals surface area contributed by atoms with Crippen LogP contribution in [0.3, 0.4) is 0 Å². The Labute approximate surface area is 146 Å². The van der Waals surface area contributed by atoms with E-state index in [9.17, 15) is 4.79 Å². The zero-order chi connectivity index (χ0) is 17.1. The average Bonchev–Trinajstić information content (AvgIpc) is 3.18. The minimum absolute atomic E-state index is 0.0332. The molecule has 0 aromatic carbocycles. The highest BCUT2D eigenvalue weighted by molar-refractivity contribution is 5.76. The SMILES string of the molecule is O=C(CCCNc1ncccn1)N1CCC[C@@H]1c1noc(C2CC2)n1. The molecule has 8 nitrogen and oxygen atoms in total. The van der Waals surface area contributed by atoms with Crippen LogP contribution < -0.4 is 5.32 Å². The zero-order valence-corrected chi connectivity index (χ0v) is 14.1. The Morgan fingerprint density at radius 3 is 2.92 bits per heavy atom.